The normalized spacial score (nSPS) is 10.3. The van der Waals surface area contributed by atoms with Gasteiger partial charge in [-0.15, -0.1) is 0 Å². The van der Waals surface area contributed by atoms with Gasteiger partial charge in [0, 0.05) is 31.0 Å². The zero-order chi connectivity index (χ0) is 15.9. The Bertz CT molecular complexity index is 625. The van der Waals surface area contributed by atoms with Gasteiger partial charge in [-0.05, 0) is 43.7 Å². The van der Waals surface area contributed by atoms with Gasteiger partial charge in [0.25, 0.3) is 0 Å². The van der Waals surface area contributed by atoms with Gasteiger partial charge in [0.05, 0.1) is 0 Å². The summed E-state index contributed by atoms with van der Waals surface area (Å²) in [5, 5.41) is 3.23. The summed E-state index contributed by atoms with van der Waals surface area (Å²) >= 11 is 0. The minimum Gasteiger partial charge on any atom is -0.344 e. The Kier molecular flexibility index (Phi) is 5.47. The SMILES string of the molecule is CCCCN(C)c1nccc(Nc2ccc(C(C)=O)cc2)n1. The van der Waals surface area contributed by atoms with Crippen LogP contribution in [0.25, 0.3) is 0 Å². The third-order valence-corrected chi connectivity index (χ3v) is 3.40. The van der Waals surface area contributed by atoms with E-state index in [0.29, 0.717) is 11.5 Å². The summed E-state index contributed by atoms with van der Waals surface area (Å²) in [5.41, 5.74) is 1.60. The van der Waals surface area contributed by atoms with E-state index in [9.17, 15) is 4.79 Å². The lowest BCUT2D eigenvalue weighted by atomic mass is 10.1. The van der Waals surface area contributed by atoms with Gasteiger partial charge < -0.3 is 10.2 Å². The van der Waals surface area contributed by atoms with Crippen LogP contribution in [-0.2, 0) is 0 Å². The number of carbonyl (C=O) groups excluding carboxylic acids is 1. The number of nitrogens with one attached hydrogen (secondary N) is 1. The largest absolute Gasteiger partial charge is 0.344 e. The molecule has 5 nitrogen and oxygen atoms in total. The Labute approximate surface area is 131 Å². The number of nitrogens with zero attached hydrogens (tertiary/aromatic N) is 3. The zero-order valence-electron chi connectivity index (χ0n) is 13.3. The molecule has 22 heavy (non-hydrogen) atoms. The summed E-state index contributed by atoms with van der Waals surface area (Å²) in [5.74, 6) is 1.51. The van der Waals surface area contributed by atoms with Gasteiger partial charge in [-0.1, -0.05) is 13.3 Å². The Morgan fingerprint density at radius 2 is 1.95 bits per heavy atom. The van der Waals surface area contributed by atoms with Crippen molar-refractivity contribution in [3.8, 4) is 0 Å². The van der Waals surface area contributed by atoms with E-state index in [1.54, 1.807) is 25.3 Å². The predicted molar refractivity (Wildman–Crippen MR) is 89.9 cm³/mol. The number of hydrogen-bond donors (Lipinski definition) is 1. The molecule has 0 aliphatic heterocycles. The monoisotopic (exact) mass is 298 g/mol. The number of carbonyl (C=O) groups is 1. The molecule has 0 bridgehead atoms. The van der Waals surface area contributed by atoms with Gasteiger partial charge in [0.15, 0.2) is 5.78 Å². The first kappa shape index (κ1) is 15.9. The van der Waals surface area contributed by atoms with Gasteiger partial charge >= 0.3 is 0 Å². The maximum atomic E-state index is 11.3. The molecule has 0 aliphatic rings. The number of ketones is 1. The molecule has 0 fully saturated rings. The predicted octanol–water partition coefficient (Wildman–Crippen LogP) is 3.66. The van der Waals surface area contributed by atoms with Crippen LogP contribution >= 0.6 is 0 Å². The van der Waals surface area contributed by atoms with Crippen molar-refractivity contribution in [3.63, 3.8) is 0 Å². The number of rotatable bonds is 7. The average Bonchev–Trinajstić information content (AvgIpc) is 2.53. The van der Waals surface area contributed by atoms with Crippen molar-refractivity contribution in [2.24, 2.45) is 0 Å². The van der Waals surface area contributed by atoms with Crippen molar-refractivity contribution < 1.29 is 4.79 Å². The fourth-order valence-electron chi connectivity index (χ4n) is 2.03. The molecule has 0 radical (unpaired) electrons. The van der Waals surface area contributed by atoms with E-state index < -0.39 is 0 Å². The molecule has 2 aromatic rings. The van der Waals surface area contributed by atoms with Crippen LogP contribution in [0.1, 0.15) is 37.0 Å². The van der Waals surface area contributed by atoms with Crippen molar-refractivity contribution in [1.29, 1.82) is 0 Å². The molecule has 0 atom stereocenters. The van der Waals surface area contributed by atoms with Crippen molar-refractivity contribution in [2.45, 2.75) is 26.7 Å². The minimum atomic E-state index is 0.0634. The van der Waals surface area contributed by atoms with Crippen molar-refractivity contribution in [1.82, 2.24) is 9.97 Å². The molecule has 116 valence electrons. The number of anilines is 3. The van der Waals surface area contributed by atoms with Crippen molar-refractivity contribution >= 4 is 23.2 Å². The third-order valence-electron chi connectivity index (χ3n) is 3.40. The van der Waals surface area contributed by atoms with Gasteiger partial charge in [-0.2, -0.15) is 4.98 Å². The second-order valence-corrected chi connectivity index (χ2v) is 5.28. The van der Waals surface area contributed by atoms with Crippen molar-refractivity contribution in [2.75, 3.05) is 23.8 Å². The molecular weight excluding hydrogens is 276 g/mol. The number of hydrogen-bond acceptors (Lipinski definition) is 5. The smallest absolute Gasteiger partial charge is 0.227 e. The molecule has 1 heterocycles. The summed E-state index contributed by atoms with van der Waals surface area (Å²) in [6.07, 6.45) is 4.01. The summed E-state index contributed by atoms with van der Waals surface area (Å²) in [6, 6.07) is 9.19. The van der Waals surface area contributed by atoms with Gasteiger partial charge in [0.2, 0.25) is 5.95 Å². The molecule has 1 N–H and O–H groups in total. The molecule has 0 aliphatic carbocycles. The van der Waals surface area contributed by atoms with E-state index in [1.165, 1.54) is 0 Å². The fraction of sp³-hybridized carbons (Fsp3) is 0.353. The van der Waals surface area contributed by atoms with Gasteiger partial charge in [-0.3, -0.25) is 4.79 Å². The maximum Gasteiger partial charge on any atom is 0.227 e. The summed E-state index contributed by atoms with van der Waals surface area (Å²) in [6.45, 7) is 4.66. The highest BCUT2D eigenvalue weighted by Crippen LogP contribution is 2.17. The molecule has 5 heteroatoms. The maximum absolute atomic E-state index is 11.3. The molecule has 0 saturated heterocycles. The number of benzene rings is 1. The Morgan fingerprint density at radius 3 is 2.59 bits per heavy atom. The number of Topliss-reactive ketones (excluding diaryl/α,β-unsaturated/α-hetero) is 1. The highest BCUT2D eigenvalue weighted by molar-refractivity contribution is 5.94. The number of aromatic nitrogens is 2. The Morgan fingerprint density at radius 1 is 1.23 bits per heavy atom. The second-order valence-electron chi connectivity index (χ2n) is 5.28. The Hall–Kier alpha value is -2.43. The first-order chi connectivity index (χ1) is 10.6. The fourth-order valence-corrected chi connectivity index (χ4v) is 2.03. The molecule has 0 unspecified atom stereocenters. The van der Waals surface area contributed by atoms with Crippen LogP contribution in [0.3, 0.4) is 0 Å². The molecule has 2 rings (SSSR count). The molecule has 1 aromatic carbocycles. The summed E-state index contributed by atoms with van der Waals surface area (Å²) in [4.78, 5) is 22.1. The first-order valence-electron chi connectivity index (χ1n) is 7.52. The van der Waals surface area contributed by atoms with E-state index in [0.717, 1.165) is 30.9 Å². The van der Waals surface area contributed by atoms with E-state index in [-0.39, 0.29) is 5.78 Å². The lowest BCUT2D eigenvalue weighted by molar-refractivity contribution is 0.101. The molecular formula is C17H22N4O. The first-order valence-corrected chi connectivity index (χ1v) is 7.52. The van der Waals surface area contributed by atoms with Crippen LogP contribution in [-0.4, -0.2) is 29.3 Å². The quantitative estimate of drug-likeness (QED) is 0.791. The van der Waals surface area contributed by atoms with E-state index in [2.05, 4.69) is 22.2 Å². The average molecular weight is 298 g/mol. The molecule has 0 saturated carbocycles. The van der Waals surface area contributed by atoms with Crippen LogP contribution in [0.5, 0.6) is 0 Å². The van der Waals surface area contributed by atoms with Crippen LogP contribution in [0.2, 0.25) is 0 Å². The van der Waals surface area contributed by atoms with Crippen LogP contribution in [0.15, 0.2) is 36.5 Å². The van der Waals surface area contributed by atoms with E-state index >= 15 is 0 Å². The van der Waals surface area contributed by atoms with Gasteiger partial charge in [0.1, 0.15) is 5.82 Å². The van der Waals surface area contributed by atoms with E-state index in [1.807, 2.05) is 30.1 Å². The molecule has 0 amide bonds. The van der Waals surface area contributed by atoms with Gasteiger partial charge in [-0.25, -0.2) is 4.98 Å². The zero-order valence-corrected chi connectivity index (χ0v) is 13.3. The van der Waals surface area contributed by atoms with Crippen LogP contribution < -0.4 is 10.2 Å². The standard InChI is InChI=1S/C17H22N4O/c1-4-5-12-21(3)17-18-11-10-16(20-17)19-15-8-6-14(7-9-15)13(2)22/h6-11H,4-5,12H2,1-3H3,(H,18,19,20). The van der Waals surface area contributed by atoms with Crippen molar-refractivity contribution in [3.05, 3.63) is 42.1 Å². The summed E-state index contributed by atoms with van der Waals surface area (Å²) < 4.78 is 0. The van der Waals surface area contributed by atoms with Crippen LogP contribution in [0.4, 0.5) is 17.5 Å². The Balaban J connectivity index is 2.08. The van der Waals surface area contributed by atoms with E-state index in [4.69, 9.17) is 0 Å². The molecule has 1 aromatic heterocycles. The highest BCUT2D eigenvalue weighted by atomic mass is 16.1. The minimum absolute atomic E-state index is 0.0634. The third kappa shape index (κ3) is 4.28. The lowest BCUT2D eigenvalue weighted by Crippen LogP contribution is -2.21. The number of unbranched alkanes of at least 4 members (excludes halogenated alkanes) is 1. The summed E-state index contributed by atoms with van der Waals surface area (Å²) in [7, 11) is 2.00. The lowest BCUT2D eigenvalue weighted by Gasteiger charge is -2.17. The van der Waals surface area contributed by atoms with Crippen LogP contribution in [0, 0.1) is 0 Å². The second kappa shape index (κ2) is 7.54. The highest BCUT2D eigenvalue weighted by Gasteiger charge is 2.05. The topological polar surface area (TPSA) is 58.1 Å². The molecule has 0 spiro atoms.